The molecule has 2 aromatic carbocycles. The molecule has 5 nitrogen and oxygen atoms in total. The van der Waals surface area contributed by atoms with E-state index in [1.807, 2.05) is 0 Å². The molecule has 1 fully saturated rings. The molecule has 0 aromatic heterocycles. The number of para-hydroxylation sites is 1. The molecular formula is C23H25FN2O3. The van der Waals surface area contributed by atoms with Crippen LogP contribution in [0.4, 0.5) is 10.1 Å². The van der Waals surface area contributed by atoms with Gasteiger partial charge in [-0.1, -0.05) is 12.1 Å². The van der Waals surface area contributed by atoms with Crippen molar-refractivity contribution in [2.75, 3.05) is 37.7 Å². The fourth-order valence-electron chi connectivity index (χ4n) is 5.19. The number of Topliss-reactive ketones (excluding diaryl/α,β-unsaturated/α-hetero) is 1. The van der Waals surface area contributed by atoms with Gasteiger partial charge in [-0.05, 0) is 43.1 Å². The van der Waals surface area contributed by atoms with E-state index in [0.717, 1.165) is 57.4 Å². The summed E-state index contributed by atoms with van der Waals surface area (Å²) in [6.07, 6.45) is 2.20. The van der Waals surface area contributed by atoms with Crippen LogP contribution in [-0.2, 0) is 0 Å². The molecule has 0 radical (unpaired) electrons. The maximum atomic E-state index is 13.1. The highest BCUT2D eigenvalue weighted by Gasteiger charge is 2.44. The maximum absolute atomic E-state index is 13.1. The molecule has 3 aliphatic heterocycles. The van der Waals surface area contributed by atoms with E-state index >= 15 is 0 Å². The van der Waals surface area contributed by atoms with Gasteiger partial charge >= 0.3 is 0 Å². The first-order valence-corrected chi connectivity index (χ1v) is 10.4. The third-order valence-electron chi connectivity index (χ3n) is 6.51. The predicted octanol–water partition coefficient (Wildman–Crippen LogP) is 3.56. The molecule has 0 unspecified atom stereocenters. The molecule has 3 heterocycles. The number of hydrogen-bond donors (Lipinski definition) is 1. The number of anilines is 1. The normalized spacial score (nSPS) is 22.7. The van der Waals surface area contributed by atoms with Crippen LogP contribution in [0.2, 0.25) is 0 Å². The van der Waals surface area contributed by atoms with Gasteiger partial charge in [0.1, 0.15) is 23.9 Å². The van der Waals surface area contributed by atoms with Gasteiger partial charge in [-0.15, -0.1) is 0 Å². The molecule has 0 amide bonds. The number of hydrogen-bond acceptors (Lipinski definition) is 5. The number of rotatable bonds is 5. The second kappa shape index (κ2) is 7.34. The highest BCUT2D eigenvalue weighted by Crippen LogP contribution is 2.50. The molecule has 0 aliphatic carbocycles. The molecule has 2 aromatic rings. The van der Waals surface area contributed by atoms with Crippen LogP contribution in [0.15, 0.2) is 36.4 Å². The molecule has 3 aliphatic rings. The van der Waals surface area contributed by atoms with E-state index in [0.29, 0.717) is 18.4 Å². The standard InChI is InChI=1S/C23H25FN2O3/c24-15-6-7-17(21(28)13-15)20(27)4-2-9-25-10-8-19-18(14-25)16-3-1-5-22-23(16)26(19)11-12-29-22/h1,3,5-7,13,18-19,28H,2,4,8-12,14H2/t18-,19-/m1/s1. The number of ketones is 1. The zero-order chi connectivity index (χ0) is 20.0. The molecule has 2 atom stereocenters. The van der Waals surface area contributed by atoms with Gasteiger partial charge in [0.15, 0.2) is 5.78 Å². The summed E-state index contributed by atoms with van der Waals surface area (Å²) in [6.45, 7) is 4.58. The number of benzene rings is 2. The van der Waals surface area contributed by atoms with Crippen LogP contribution in [-0.4, -0.2) is 54.6 Å². The summed E-state index contributed by atoms with van der Waals surface area (Å²) in [6, 6.07) is 10.5. The lowest BCUT2D eigenvalue weighted by Gasteiger charge is -2.40. The minimum absolute atomic E-state index is 0.137. The third-order valence-corrected chi connectivity index (χ3v) is 6.51. The Hall–Kier alpha value is -2.60. The quantitative estimate of drug-likeness (QED) is 0.784. The Morgan fingerprint density at radius 2 is 2.14 bits per heavy atom. The number of phenolic OH excluding ortho intramolecular Hbond substituents is 1. The van der Waals surface area contributed by atoms with Crippen LogP contribution in [0.3, 0.4) is 0 Å². The molecule has 152 valence electrons. The van der Waals surface area contributed by atoms with E-state index < -0.39 is 5.82 Å². The third kappa shape index (κ3) is 3.25. The van der Waals surface area contributed by atoms with Crippen LogP contribution in [0.5, 0.6) is 11.5 Å². The topological polar surface area (TPSA) is 53.0 Å². The summed E-state index contributed by atoms with van der Waals surface area (Å²) >= 11 is 0. The fourth-order valence-corrected chi connectivity index (χ4v) is 5.19. The van der Waals surface area contributed by atoms with Gasteiger partial charge in [-0.2, -0.15) is 0 Å². The molecular weight excluding hydrogens is 371 g/mol. The predicted molar refractivity (Wildman–Crippen MR) is 108 cm³/mol. The van der Waals surface area contributed by atoms with Crippen molar-refractivity contribution in [2.45, 2.75) is 31.2 Å². The Morgan fingerprint density at radius 1 is 1.24 bits per heavy atom. The second-order valence-electron chi connectivity index (χ2n) is 8.19. The Kier molecular flexibility index (Phi) is 4.66. The van der Waals surface area contributed by atoms with Gasteiger partial charge < -0.3 is 19.6 Å². The number of carbonyl (C=O) groups excluding carboxylic acids is 1. The summed E-state index contributed by atoms with van der Waals surface area (Å²) in [5.74, 6) is 0.548. The van der Waals surface area contributed by atoms with E-state index in [1.165, 1.54) is 23.4 Å². The summed E-state index contributed by atoms with van der Waals surface area (Å²) in [4.78, 5) is 17.4. The lowest BCUT2D eigenvalue weighted by atomic mass is 9.89. The maximum Gasteiger partial charge on any atom is 0.166 e. The number of ether oxygens (including phenoxy) is 1. The molecule has 1 N–H and O–H groups in total. The average Bonchev–Trinajstić information content (AvgIpc) is 3.04. The highest BCUT2D eigenvalue weighted by molar-refractivity contribution is 5.98. The minimum Gasteiger partial charge on any atom is -0.507 e. The van der Waals surface area contributed by atoms with Crippen molar-refractivity contribution in [3.05, 3.63) is 53.3 Å². The SMILES string of the molecule is O=C(CCCN1CC[C@@H]2[C@H](C1)c1cccc3c1N2CCO3)c1ccc(F)cc1O. The lowest BCUT2D eigenvalue weighted by molar-refractivity contribution is 0.0968. The summed E-state index contributed by atoms with van der Waals surface area (Å²) in [5.41, 5.74) is 2.89. The Bertz CT molecular complexity index is 948. The van der Waals surface area contributed by atoms with E-state index in [-0.39, 0.29) is 17.1 Å². The van der Waals surface area contributed by atoms with Gasteiger partial charge in [0.2, 0.25) is 0 Å². The zero-order valence-corrected chi connectivity index (χ0v) is 16.3. The summed E-state index contributed by atoms with van der Waals surface area (Å²) < 4.78 is 19.0. The smallest absolute Gasteiger partial charge is 0.166 e. The molecule has 0 bridgehead atoms. The van der Waals surface area contributed by atoms with Gasteiger partial charge in [0.25, 0.3) is 0 Å². The fraction of sp³-hybridized carbons (Fsp3) is 0.435. The number of aromatic hydroxyl groups is 1. The van der Waals surface area contributed by atoms with Crippen molar-refractivity contribution in [2.24, 2.45) is 0 Å². The summed E-state index contributed by atoms with van der Waals surface area (Å²) in [7, 11) is 0. The van der Waals surface area contributed by atoms with Gasteiger partial charge in [0, 0.05) is 37.5 Å². The van der Waals surface area contributed by atoms with Crippen LogP contribution in [0, 0.1) is 5.82 Å². The van der Waals surface area contributed by atoms with E-state index in [2.05, 4.69) is 28.0 Å². The molecule has 29 heavy (non-hydrogen) atoms. The van der Waals surface area contributed by atoms with Gasteiger partial charge in [-0.25, -0.2) is 4.39 Å². The van der Waals surface area contributed by atoms with E-state index in [1.54, 1.807) is 0 Å². The van der Waals surface area contributed by atoms with Crippen LogP contribution in [0.25, 0.3) is 0 Å². The average molecular weight is 396 g/mol. The molecule has 1 saturated heterocycles. The lowest BCUT2D eigenvalue weighted by Crippen LogP contribution is -2.48. The molecule has 0 saturated carbocycles. The number of carbonyl (C=O) groups is 1. The van der Waals surface area contributed by atoms with Crippen LogP contribution in [0.1, 0.15) is 41.1 Å². The molecule has 6 heteroatoms. The first-order valence-electron chi connectivity index (χ1n) is 10.4. The highest BCUT2D eigenvalue weighted by atomic mass is 19.1. The monoisotopic (exact) mass is 396 g/mol. The summed E-state index contributed by atoms with van der Waals surface area (Å²) in [5, 5.41) is 9.80. The Balaban J connectivity index is 1.21. The Labute approximate surface area is 169 Å². The van der Waals surface area contributed by atoms with Crippen molar-refractivity contribution >= 4 is 11.5 Å². The number of piperidine rings is 1. The number of phenols is 1. The van der Waals surface area contributed by atoms with Gasteiger partial charge in [0.05, 0.1) is 17.8 Å². The largest absolute Gasteiger partial charge is 0.507 e. The Morgan fingerprint density at radius 3 is 3.00 bits per heavy atom. The minimum atomic E-state index is -0.537. The van der Waals surface area contributed by atoms with Crippen molar-refractivity contribution < 1.29 is 19.0 Å². The van der Waals surface area contributed by atoms with E-state index in [4.69, 9.17) is 4.74 Å². The van der Waals surface area contributed by atoms with Gasteiger partial charge in [-0.3, -0.25) is 4.79 Å². The zero-order valence-electron chi connectivity index (χ0n) is 16.3. The van der Waals surface area contributed by atoms with Crippen molar-refractivity contribution in [3.8, 4) is 11.5 Å². The first kappa shape index (κ1) is 18.4. The van der Waals surface area contributed by atoms with Crippen molar-refractivity contribution in [1.29, 1.82) is 0 Å². The number of likely N-dealkylation sites (tertiary alicyclic amines) is 1. The van der Waals surface area contributed by atoms with Crippen molar-refractivity contribution in [3.63, 3.8) is 0 Å². The number of fused-ring (bicyclic) bond motifs is 3. The first-order chi connectivity index (χ1) is 14.1. The van der Waals surface area contributed by atoms with Crippen LogP contribution >= 0.6 is 0 Å². The molecule has 5 rings (SSSR count). The van der Waals surface area contributed by atoms with Crippen LogP contribution < -0.4 is 9.64 Å². The number of nitrogens with zero attached hydrogens (tertiary/aromatic N) is 2. The second-order valence-corrected chi connectivity index (χ2v) is 8.19. The molecule has 0 spiro atoms. The number of halogens is 1. The van der Waals surface area contributed by atoms with E-state index in [9.17, 15) is 14.3 Å². The van der Waals surface area contributed by atoms with Crippen molar-refractivity contribution in [1.82, 2.24) is 4.90 Å².